The molecule has 0 radical (unpaired) electrons. The average molecular weight is 196 g/mol. The molecule has 1 saturated carbocycles. The average Bonchev–Trinajstić information content (AvgIpc) is 2.51. The summed E-state index contributed by atoms with van der Waals surface area (Å²) in [7, 11) is 0. The van der Waals surface area contributed by atoms with Gasteiger partial charge in [-0.15, -0.1) is 0 Å². The molecule has 3 heteroatoms. The standard InChI is InChI=1S/C11H20N2O/c1-10(5-3-6-10)13-9(14)11(2)7-4-8-12-11/h12H,3-8H2,1-2H3,(H,13,14). The third-order valence-corrected chi connectivity index (χ3v) is 3.74. The molecule has 1 aliphatic carbocycles. The molecule has 0 aromatic rings. The quantitative estimate of drug-likeness (QED) is 0.696. The summed E-state index contributed by atoms with van der Waals surface area (Å²) >= 11 is 0. The Morgan fingerprint density at radius 1 is 1.21 bits per heavy atom. The molecule has 1 heterocycles. The zero-order valence-corrected chi connectivity index (χ0v) is 9.15. The van der Waals surface area contributed by atoms with Crippen LogP contribution in [-0.2, 0) is 4.79 Å². The van der Waals surface area contributed by atoms with Crippen LogP contribution in [0.4, 0.5) is 0 Å². The number of rotatable bonds is 2. The molecule has 0 bridgehead atoms. The zero-order chi connectivity index (χ0) is 10.2. The van der Waals surface area contributed by atoms with Crippen LogP contribution in [-0.4, -0.2) is 23.5 Å². The van der Waals surface area contributed by atoms with Gasteiger partial charge in [-0.05, 0) is 52.5 Å². The molecule has 0 aromatic heterocycles. The first-order valence-electron chi connectivity index (χ1n) is 5.62. The Bertz CT molecular complexity index is 240. The SMILES string of the molecule is CC1(NC(=O)C2(C)CCCN2)CCC1. The van der Waals surface area contributed by atoms with Crippen LogP contribution in [0.25, 0.3) is 0 Å². The Balaban J connectivity index is 1.94. The summed E-state index contributed by atoms with van der Waals surface area (Å²) in [4.78, 5) is 12.0. The molecular weight excluding hydrogens is 176 g/mol. The second-order valence-corrected chi connectivity index (χ2v) is 5.23. The van der Waals surface area contributed by atoms with E-state index < -0.39 is 0 Å². The molecule has 3 nitrogen and oxygen atoms in total. The van der Waals surface area contributed by atoms with Gasteiger partial charge in [0.1, 0.15) is 0 Å². The van der Waals surface area contributed by atoms with Crippen LogP contribution in [0.2, 0.25) is 0 Å². The van der Waals surface area contributed by atoms with E-state index in [0.29, 0.717) is 0 Å². The summed E-state index contributed by atoms with van der Waals surface area (Å²) in [6.45, 7) is 5.13. The predicted octanol–water partition coefficient (Wildman–Crippen LogP) is 1.19. The van der Waals surface area contributed by atoms with Crippen LogP contribution >= 0.6 is 0 Å². The Labute approximate surface area is 85.6 Å². The fraction of sp³-hybridized carbons (Fsp3) is 0.909. The van der Waals surface area contributed by atoms with E-state index in [-0.39, 0.29) is 17.0 Å². The third-order valence-electron chi connectivity index (χ3n) is 3.74. The number of hydrogen-bond acceptors (Lipinski definition) is 2. The molecule has 80 valence electrons. The Kier molecular flexibility index (Phi) is 2.30. The van der Waals surface area contributed by atoms with Gasteiger partial charge >= 0.3 is 0 Å². The van der Waals surface area contributed by atoms with Crippen molar-refractivity contribution in [2.24, 2.45) is 0 Å². The Morgan fingerprint density at radius 3 is 2.36 bits per heavy atom. The van der Waals surface area contributed by atoms with Gasteiger partial charge in [0.15, 0.2) is 0 Å². The summed E-state index contributed by atoms with van der Waals surface area (Å²) < 4.78 is 0. The van der Waals surface area contributed by atoms with Gasteiger partial charge in [-0.3, -0.25) is 4.79 Å². The van der Waals surface area contributed by atoms with Gasteiger partial charge in [0, 0.05) is 5.54 Å². The van der Waals surface area contributed by atoms with Gasteiger partial charge in [-0.1, -0.05) is 0 Å². The molecule has 1 amide bonds. The molecule has 1 aliphatic heterocycles. The van der Waals surface area contributed by atoms with Crippen molar-refractivity contribution in [3.05, 3.63) is 0 Å². The predicted molar refractivity (Wildman–Crippen MR) is 56.0 cm³/mol. The lowest BCUT2D eigenvalue weighted by atomic mass is 9.78. The van der Waals surface area contributed by atoms with E-state index in [0.717, 1.165) is 32.2 Å². The van der Waals surface area contributed by atoms with Gasteiger partial charge in [0.2, 0.25) is 5.91 Å². The van der Waals surface area contributed by atoms with E-state index in [1.807, 2.05) is 6.92 Å². The lowest BCUT2D eigenvalue weighted by Gasteiger charge is -2.41. The summed E-state index contributed by atoms with van der Waals surface area (Å²) in [5, 5.41) is 6.47. The van der Waals surface area contributed by atoms with Gasteiger partial charge in [-0.25, -0.2) is 0 Å². The molecule has 1 atom stereocenters. The Morgan fingerprint density at radius 2 is 1.93 bits per heavy atom. The first-order chi connectivity index (χ1) is 6.54. The maximum Gasteiger partial charge on any atom is 0.240 e. The van der Waals surface area contributed by atoms with Gasteiger partial charge < -0.3 is 10.6 Å². The van der Waals surface area contributed by atoms with E-state index in [9.17, 15) is 4.79 Å². The van der Waals surface area contributed by atoms with E-state index in [4.69, 9.17) is 0 Å². The van der Waals surface area contributed by atoms with Crippen molar-refractivity contribution < 1.29 is 4.79 Å². The van der Waals surface area contributed by atoms with Crippen LogP contribution in [0, 0.1) is 0 Å². The van der Waals surface area contributed by atoms with Gasteiger partial charge in [0.25, 0.3) is 0 Å². The molecule has 2 aliphatic rings. The first kappa shape index (κ1) is 9.97. The van der Waals surface area contributed by atoms with Crippen molar-refractivity contribution in [1.29, 1.82) is 0 Å². The lowest BCUT2D eigenvalue weighted by molar-refractivity contribution is -0.129. The number of hydrogen-bond donors (Lipinski definition) is 2. The van der Waals surface area contributed by atoms with Crippen LogP contribution in [0.5, 0.6) is 0 Å². The van der Waals surface area contributed by atoms with Gasteiger partial charge in [-0.2, -0.15) is 0 Å². The monoisotopic (exact) mass is 196 g/mol. The number of nitrogens with one attached hydrogen (secondary N) is 2. The minimum atomic E-state index is -0.307. The van der Waals surface area contributed by atoms with Crippen LogP contribution in [0.3, 0.4) is 0 Å². The van der Waals surface area contributed by atoms with Crippen LogP contribution < -0.4 is 10.6 Å². The maximum atomic E-state index is 12.0. The van der Waals surface area contributed by atoms with Crippen molar-refractivity contribution in [3.8, 4) is 0 Å². The molecule has 0 spiro atoms. The molecule has 2 rings (SSSR count). The zero-order valence-electron chi connectivity index (χ0n) is 9.15. The van der Waals surface area contributed by atoms with Crippen LogP contribution in [0.15, 0.2) is 0 Å². The van der Waals surface area contributed by atoms with Crippen molar-refractivity contribution >= 4 is 5.91 Å². The van der Waals surface area contributed by atoms with Crippen molar-refractivity contribution in [2.75, 3.05) is 6.54 Å². The topological polar surface area (TPSA) is 41.1 Å². The fourth-order valence-electron chi connectivity index (χ4n) is 2.33. The molecule has 2 N–H and O–H groups in total. The van der Waals surface area contributed by atoms with Crippen molar-refractivity contribution in [3.63, 3.8) is 0 Å². The first-order valence-corrected chi connectivity index (χ1v) is 5.62. The van der Waals surface area contributed by atoms with E-state index in [1.54, 1.807) is 0 Å². The second kappa shape index (κ2) is 3.23. The normalized spacial score (nSPS) is 35.0. The molecular formula is C11H20N2O. The highest BCUT2D eigenvalue weighted by Gasteiger charge is 2.41. The smallest absolute Gasteiger partial charge is 0.240 e. The number of carbonyl (C=O) groups is 1. The molecule has 14 heavy (non-hydrogen) atoms. The maximum absolute atomic E-state index is 12.0. The number of amides is 1. The van der Waals surface area contributed by atoms with Crippen molar-refractivity contribution in [1.82, 2.24) is 10.6 Å². The Hall–Kier alpha value is -0.570. The molecule has 1 unspecified atom stereocenters. The largest absolute Gasteiger partial charge is 0.349 e. The minimum absolute atomic E-state index is 0.0877. The summed E-state index contributed by atoms with van der Waals surface area (Å²) in [6, 6.07) is 0. The molecule has 2 fully saturated rings. The lowest BCUT2D eigenvalue weighted by Crippen LogP contribution is -2.59. The highest BCUT2D eigenvalue weighted by molar-refractivity contribution is 5.86. The van der Waals surface area contributed by atoms with Crippen LogP contribution in [0.1, 0.15) is 46.0 Å². The van der Waals surface area contributed by atoms with E-state index >= 15 is 0 Å². The summed E-state index contributed by atoms with van der Waals surface area (Å²) in [5.74, 6) is 0.192. The van der Waals surface area contributed by atoms with Crippen molar-refractivity contribution in [2.45, 2.75) is 57.0 Å². The van der Waals surface area contributed by atoms with E-state index in [1.165, 1.54) is 6.42 Å². The fourth-order valence-corrected chi connectivity index (χ4v) is 2.33. The number of carbonyl (C=O) groups excluding carboxylic acids is 1. The van der Waals surface area contributed by atoms with E-state index in [2.05, 4.69) is 17.6 Å². The third kappa shape index (κ3) is 1.65. The van der Waals surface area contributed by atoms with Gasteiger partial charge in [0.05, 0.1) is 5.54 Å². The second-order valence-electron chi connectivity index (χ2n) is 5.23. The minimum Gasteiger partial charge on any atom is -0.349 e. The molecule has 1 saturated heterocycles. The summed E-state index contributed by atoms with van der Waals surface area (Å²) in [6.07, 6.45) is 5.60. The highest BCUT2D eigenvalue weighted by Crippen LogP contribution is 2.32. The highest BCUT2D eigenvalue weighted by atomic mass is 16.2. The molecule has 0 aromatic carbocycles. The summed E-state index contributed by atoms with van der Waals surface area (Å²) in [5.41, 5.74) is -0.219.